The average Bonchev–Trinajstić information content (AvgIpc) is 2.99. The number of allylic oxidation sites excluding steroid dienone is 1. The summed E-state index contributed by atoms with van der Waals surface area (Å²) in [6, 6.07) is 15.3. The van der Waals surface area contributed by atoms with E-state index >= 15 is 0 Å². The first-order chi connectivity index (χ1) is 19.7. The van der Waals surface area contributed by atoms with Gasteiger partial charge >= 0.3 is 6.03 Å². The van der Waals surface area contributed by atoms with E-state index in [0.717, 1.165) is 49.6 Å². The molecule has 6 rings (SSSR count). The summed E-state index contributed by atoms with van der Waals surface area (Å²) in [5.41, 5.74) is 4.53. The van der Waals surface area contributed by atoms with Crippen LogP contribution < -0.4 is 5.32 Å². The molecule has 2 unspecified atom stereocenters. The monoisotopic (exact) mass is 576 g/mol. The van der Waals surface area contributed by atoms with Crippen LogP contribution in [-0.2, 0) is 6.42 Å². The summed E-state index contributed by atoms with van der Waals surface area (Å²) in [6.07, 6.45) is 8.15. The maximum atomic E-state index is 13.5. The average molecular weight is 577 g/mol. The minimum atomic E-state index is -0.0799. The van der Waals surface area contributed by atoms with Gasteiger partial charge in [0.15, 0.2) is 0 Å². The normalized spacial score (nSPS) is 21.6. The summed E-state index contributed by atoms with van der Waals surface area (Å²) < 4.78 is 0. The van der Waals surface area contributed by atoms with Gasteiger partial charge in [-0.3, -0.25) is 9.69 Å². The van der Waals surface area contributed by atoms with Gasteiger partial charge in [-0.15, -0.1) is 0 Å². The zero-order valence-electron chi connectivity index (χ0n) is 24.9. The van der Waals surface area contributed by atoms with E-state index < -0.39 is 0 Å². The van der Waals surface area contributed by atoms with Crippen LogP contribution in [0.5, 0.6) is 0 Å². The third kappa shape index (κ3) is 6.98. The van der Waals surface area contributed by atoms with Gasteiger partial charge in [0.1, 0.15) is 0 Å². The molecular formula is C34H45ClN4O2. The molecule has 1 heterocycles. The number of nitrogens with one attached hydrogen (secondary N) is 1. The van der Waals surface area contributed by atoms with Crippen molar-refractivity contribution in [3.05, 3.63) is 76.3 Å². The first kappa shape index (κ1) is 29.7. The minimum Gasteiger partial charge on any atom is -0.336 e. The predicted octanol–water partition coefficient (Wildman–Crippen LogP) is 6.97. The lowest BCUT2D eigenvalue weighted by Gasteiger charge is -2.57. The fraction of sp³-hybridized carbons (Fsp3) is 0.529. The van der Waals surface area contributed by atoms with Crippen molar-refractivity contribution in [3.8, 4) is 0 Å². The lowest BCUT2D eigenvalue weighted by molar-refractivity contribution is -0.00970. The van der Waals surface area contributed by atoms with E-state index in [1.807, 2.05) is 34.1 Å². The lowest BCUT2D eigenvalue weighted by atomic mass is 9.49. The van der Waals surface area contributed by atoms with Gasteiger partial charge in [-0.25, -0.2) is 4.79 Å². The molecule has 4 aliphatic rings. The highest BCUT2D eigenvalue weighted by Crippen LogP contribution is 2.59. The first-order valence-corrected chi connectivity index (χ1v) is 15.7. The highest BCUT2D eigenvalue weighted by molar-refractivity contribution is 6.30. The molecular weight excluding hydrogens is 532 g/mol. The molecule has 1 aliphatic heterocycles. The Morgan fingerprint density at radius 3 is 2.37 bits per heavy atom. The van der Waals surface area contributed by atoms with Gasteiger partial charge in [-0.2, -0.15) is 0 Å². The number of carbonyl (C=O) groups is 2. The third-order valence-electron chi connectivity index (χ3n) is 9.70. The van der Waals surface area contributed by atoms with Crippen molar-refractivity contribution in [2.45, 2.75) is 52.9 Å². The number of nitrogens with zero attached hydrogens (tertiary/aromatic N) is 3. The molecule has 7 heteroatoms. The molecule has 41 heavy (non-hydrogen) atoms. The Kier molecular flexibility index (Phi) is 9.40. The molecule has 0 radical (unpaired) electrons. The maximum Gasteiger partial charge on any atom is 0.322 e. The van der Waals surface area contributed by atoms with Crippen LogP contribution in [-0.4, -0.2) is 72.5 Å². The van der Waals surface area contributed by atoms with Crippen molar-refractivity contribution in [3.63, 3.8) is 0 Å². The zero-order chi connectivity index (χ0) is 29.0. The van der Waals surface area contributed by atoms with Gasteiger partial charge in [0.2, 0.25) is 0 Å². The number of aryl methyl sites for hydroxylation is 1. The van der Waals surface area contributed by atoms with E-state index in [4.69, 9.17) is 11.6 Å². The standard InChI is InChI=1S/C34H45ClN4O2/c1-4-5-6-25-7-9-26(10-8-25)32(40)38-20-17-37(18-21-38)19-22-39(33(41)36-30-15-13-29(35)14-16-30)24-27-11-12-28-23-31(27)34(28,2)3/h7-11,13-16,28,31H,4-6,12,17-24H2,1-3H3,(H,36,41). The smallest absolute Gasteiger partial charge is 0.322 e. The second-order valence-electron chi connectivity index (χ2n) is 12.6. The third-order valence-corrected chi connectivity index (χ3v) is 9.96. The predicted molar refractivity (Wildman–Crippen MR) is 168 cm³/mol. The quantitative estimate of drug-likeness (QED) is 0.311. The molecule has 2 atom stereocenters. The Bertz CT molecular complexity index is 1230. The van der Waals surface area contributed by atoms with Gasteiger partial charge in [0.25, 0.3) is 5.91 Å². The van der Waals surface area contributed by atoms with Crippen molar-refractivity contribution in [2.75, 3.05) is 51.1 Å². The highest BCUT2D eigenvalue weighted by atomic mass is 35.5. The van der Waals surface area contributed by atoms with E-state index in [9.17, 15) is 9.59 Å². The van der Waals surface area contributed by atoms with Gasteiger partial charge in [-0.1, -0.05) is 62.6 Å². The van der Waals surface area contributed by atoms with Crippen LogP contribution in [0.4, 0.5) is 10.5 Å². The minimum absolute atomic E-state index is 0.0799. The summed E-state index contributed by atoms with van der Waals surface area (Å²) >= 11 is 6.05. The molecule has 2 aromatic carbocycles. The van der Waals surface area contributed by atoms with Gasteiger partial charge in [0, 0.05) is 62.1 Å². The van der Waals surface area contributed by atoms with E-state index in [2.05, 4.69) is 49.2 Å². The van der Waals surface area contributed by atoms with Crippen molar-refractivity contribution >= 4 is 29.2 Å². The molecule has 3 aliphatic carbocycles. The second-order valence-corrected chi connectivity index (χ2v) is 13.1. The summed E-state index contributed by atoms with van der Waals surface area (Å²) in [7, 11) is 0. The summed E-state index contributed by atoms with van der Waals surface area (Å²) in [4.78, 5) is 32.9. The molecule has 0 aromatic heterocycles. The van der Waals surface area contributed by atoms with Crippen LogP contribution in [0, 0.1) is 17.3 Å². The first-order valence-electron chi connectivity index (χ1n) is 15.4. The Balaban J connectivity index is 1.16. The molecule has 1 saturated heterocycles. The fourth-order valence-corrected chi connectivity index (χ4v) is 6.80. The van der Waals surface area contributed by atoms with Crippen molar-refractivity contribution in [1.82, 2.24) is 14.7 Å². The zero-order valence-corrected chi connectivity index (χ0v) is 25.6. The number of urea groups is 1. The summed E-state index contributed by atoms with van der Waals surface area (Å²) in [5.74, 6) is 1.44. The van der Waals surface area contributed by atoms with Crippen molar-refractivity contribution in [2.24, 2.45) is 17.3 Å². The lowest BCUT2D eigenvalue weighted by Crippen LogP contribution is -2.52. The number of piperazine rings is 1. The molecule has 2 bridgehead atoms. The number of hydrogen-bond donors (Lipinski definition) is 1. The molecule has 6 nitrogen and oxygen atoms in total. The Morgan fingerprint density at radius 2 is 1.73 bits per heavy atom. The number of anilines is 1. The van der Waals surface area contributed by atoms with Gasteiger partial charge in [-0.05, 0) is 84.9 Å². The van der Waals surface area contributed by atoms with E-state index in [1.54, 1.807) is 12.1 Å². The van der Waals surface area contributed by atoms with E-state index in [-0.39, 0.29) is 11.9 Å². The Labute approximate surface area is 250 Å². The fourth-order valence-electron chi connectivity index (χ4n) is 6.68. The number of amides is 3. The second kappa shape index (κ2) is 13.0. The Morgan fingerprint density at radius 1 is 1.02 bits per heavy atom. The van der Waals surface area contributed by atoms with Gasteiger partial charge in [0.05, 0.1) is 0 Å². The summed E-state index contributed by atoms with van der Waals surface area (Å²) in [5, 5.41) is 3.73. The number of carbonyl (C=O) groups excluding carboxylic acids is 2. The van der Waals surface area contributed by atoms with Crippen LogP contribution in [0.1, 0.15) is 62.4 Å². The topological polar surface area (TPSA) is 55.9 Å². The molecule has 2 fully saturated rings. The SMILES string of the molecule is CCCCc1ccc(C(=O)N2CCN(CCN(CC3=CCC4CC3C4(C)C)C(=O)Nc3ccc(Cl)cc3)CC2)cc1. The van der Waals surface area contributed by atoms with E-state index in [0.29, 0.717) is 42.5 Å². The van der Waals surface area contributed by atoms with Crippen LogP contribution in [0.15, 0.2) is 60.2 Å². The number of halogens is 1. The number of benzene rings is 2. The molecule has 2 aromatic rings. The largest absolute Gasteiger partial charge is 0.336 e. The highest BCUT2D eigenvalue weighted by Gasteiger charge is 2.51. The Hall–Kier alpha value is -2.83. The molecule has 3 amide bonds. The number of hydrogen-bond acceptors (Lipinski definition) is 3. The maximum absolute atomic E-state index is 13.5. The molecule has 1 saturated carbocycles. The van der Waals surface area contributed by atoms with Gasteiger partial charge < -0.3 is 15.1 Å². The molecule has 1 N–H and O–H groups in total. The number of fused-ring (bicyclic) bond motifs is 1. The van der Waals surface area contributed by atoms with Crippen molar-refractivity contribution < 1.29 is 9.59 Å². The molecule has 0 spiro atoms. The van der Waals surface area contributed by atoms with Crippen LogP contribution in [0.25, 0.3) is 0 Å². The number of rotatable bonds is 10. The summed E-state index contributed by atoms with van der Waals surface area (Å²) in [6.45, 7) is 12.1. The van der Waals surface area contributed by atoms with Crippen LogP contribution in [0.2, 0.25) is 5.02 Å². The van der Waals surface area contributed by atoms with Crippen LogP contribution >= 0.6 is 11.6 Å². The van der Waals surface area contributed by atoms with Crippen LogP contribution in [0.3, 0.4) is 0 Å². The van der Waals surface area contributed by atoms with E-state index in [1.165, 1.54) is 30.4 Å². The molecule has 220 valence electrons. The number of unbranched alkanes of at least 4 members (excludes halogenated alkanes) is 1. The van der Waals surface area contributed by atoms with Crippen molar-refractivity contribution in [1.29, 1.82) is 0 Å².